The highest BCUT2D eigenvalue weighted by atomic mass is 19.4. The highest BCUT2D eigenvalue weighted by Crippen LogP contribution is 2.29. The molecule has 0 radical (unpaired) electrons. The molecule has 0 aliphatic carbocycles. The summed E-state index contributed by atoms with van der Waals surface area (Å²) in [6, 6.07) is 6.64. The quantitative estimate of drug-likeness (QED) is 0.878. The van der Waals surface area contributed by atoms with Crippen molar-refractivity contribution in [3.63, 3.8) is 0 Å². The molecule has 20 heavy (non-hydrogen) atoms. The van der Waals surface area contributed by atoms with Crippen LogP contribution in [0.1, 0.15) is 33.3 Å². The maximum Gasteiger partial charge on any atom is 0.415 e. The summed E-state index contributed by atoms with van der Waals surface area (Å²) in [5, 5.41) is 2.18. The van der Waals surface area contributed by atoms with E-state index in [1.807, 2.05) is 20.8 Å². The summed E-state index contributed by atoms with van der Waals surface area (Å²) in [6.07, 6.45) is -4.80. The van der Waals surface area contributed by atoms with E-state index in [1.165, 1.54) is 0 Å². The summed E-state index contributed by atoms with van der Waals surface area (Å²) in [5.41, 5.74) is 3.35. The number of rotatable bonds is 2. The predicted octanol–water partition coefficient (Wildman–Crippen LogP) is 3.20. The van der Waals surface area contributed by atoms with Gasteiger partial charge in [0, 0.05) is 5.69 Å². The molecule has 0 saturated heterocycles. The van der Waals surface area contributed by atoms with Crippen LogP contribution in [0.15, 0.2) is 24.3 Å². The zero-order valence-electron chi connectivity index (χ0n) is 11.9. The van der Waals surface area contributed by atoms with Crippen molar-refractivity contribution < 1.29 is 18.0 Å². The molecular weight excluding hydrogens is 269 g/mol. The lowest BCUT2D eigenvalue weighted by Gasteiger charge is -2.26. The average molecular weight is 288 g/mol. The first-order valence-electron chi connectivity index (χ1n) is 6.13. The van der Waals surface area contributed by atoms with Gasteiger partial charge < -0.3 is 11.1 Å². The van der Waals surface area contributed by atoms with Crippen molar-refractivity contribution in [1.82, 2.24) is 0 Å². The Hall–Kier alpha value is -1.56. The van der Waals surface area contributed by atoms with Crippen LogP contribution in [0.5, 0.6) is 0 Å². The highest BCUT2D eigenvalue weighted by Gasteiger charge is 2.53. The van der Waals surface area contributed by atoms with Crippen LogP contribution in [0, 0.1) is 0 Å². The summed E-state index contributed by atoms with van der Waals surface area (Å²) in [6.45, 7) is 6.69. The second-order valence-electron chi connectivity index (χ2n) is 5.98. The molecule has 0 aliphatic rings. The number of carbonyl (C=O) groups is 1. The molecular formula is C14H19F3N2O. The van der Waals surface area contributed by atoms with Crippen molar-refractivity contribution in [1.29, 1.82) is 0 Å². The minimum absolute atomic E-state index is 0.0725. The fourth-order valence-corrected chi connectivity index (χ4v) is 1.44. The van der Waals surface area contributed by atoms with E-state index in [0.29, 0.717) is 6.92 Å². The third-order valence-corrected chi connectivity index (χ3v) is 3.07. The Bertz CT molecular complexity index is 485. The van der Waals surface area contributed by atoms with E-state index in [-0.39, 0.29) is 11.1 Å². The second kappa shape index (κ2) is 5.09. The van der Waals surface area contributed by atoms with Crippen LogP contribution in [0.25, 0.3) is 0 Å². The third-order valence-electron chi connectivity index (χ3n) is 3.07. The molecule has 0 aromatic heterocycles. The van der Waals surface area contributed by atoms with E-state index in [2.05, 4.69) is 5.32 Å². The maximum absolute atomic E-state index is 12.6. The van der Waals surface area contributed by atoms with E-state index < -0.39 is 17.6 Å². The molecule has 0 saturated carbocycles. The number of alkyl halides is 3. The smallest absolute Gasteiger partial charge is 0.324 e. The van der Waals surface area contributed by atoms with Crippen LogP contribution in [-0.4, -0.2) is 17.6 Å². The molecule has 1 atom stereocenters. The van der Waals surface area contributed by atoms with Gasteiger partial charge in [0.1, 0.15) is 0 Å². The largest absolute Gasteiger partial charge is 0.415 e. The topological polar surface area (TPSA) is 55.1 Å². The number of halogens is 3. The fraction of sp³-hybridized carbons (Fsp3) is 0.500. The Morgan fingerprint density at radius 1 is 1.05 bits per heavy atom. The van der Waals surface area contributed by atoms with Crippen LogP contribution in [-0.2, 0) is 10.2 Å². The number of benzene rings is 1. The van der Waals surface area contributed by atoms with Gasteiger partial charge in [0.05, 0.1) is 0 Å². The maximum atomic E-state index is 12.6. The summed E-state index contributed by atoms with van der Waals surface area (Å²) < 4.78 is 37.9. The number of nitrogens with two attached hydrogens (primary N) is 1. The molecule has 6 heteroatoms. The Labute approximate surface area is 116 Å². The van der Waals surface area contributed by atoms with E-state index in [4.69, 9.17) is 5.73 Å². The number of nitrogens with one attached hydrogen (secondary N) is 1. The van der Waals surface area contributed by atoms with Crippen LogP contribution in [0.3, 0.4) is 0 Å². The van der Waals surface area contributed by atoms with Gasteiger partial charge in [-0.05, 0) is 30.0 Å². The Morgan fingerprint density at radius 3 is 1.85 bits per heavy atom. The van der Waals surface area contributed by atoms with Crippen molar-refractivity contribution in [2.24, 2.45) is 5.73 Å². The van der Waals surface area contributed by atoms with Gasteiger partial charge in [-0.15, -0.1) is 0 Å². The first-order valence-corrected chi connectivity index (χ1v) is 6.13. The van der Waals surface area contributed by atoms with Crippen molar-refractivity contribution >= 4 is 11.6 Å². The van der Waals surface area contributed by atoms with Crippen LogP contribution >= 0.6 is 0 Å². The number of hydrogen-bond donors (Lipinski definition) is 2. The van der Waals surface area contributed by atoms with Gasteiger partial charge in [0.25, 0.3) is 5.91 Å². The standard InChI is InChI=1S/C14H19F3N2O/c1-12(2,3)9-5-7-10(8-6-9)19-11(20)13(4,18)14(15,16)17/h5-8H,18H2,1-4H3,(H,19,20). The van der Waals surface area contributed by atoms with Crippen LogP contribution in [0.2, 0.25) is 0 Å². The van der Waals surface area contributed by atoms with Gasteiger partial charge in [-0.3, -0.25) is 4.79 Å². The van der Waals surface area contributed by atoms with Gasteiger partial charge >= 0.3 is 6.18 Å². The summed E-state index contributed by atoms with van der Waals surface area (Å²) in [5.74, 6) is -1.28. The fourth-order valence-electron chi connectivity index (χ4n) is 1.44. The first-order chi connectivity index (χ1) is 8.85. The molecule has 0 heterocycles. The molecule has 1 rings (SSSR count). The predicted molar refractivity (Wildman–Crippen MR) is 72.4 cm³/mol. The first kappa shape index (κ1) is 16.5. The monoisotopic (exact) mass is 288 g/mol. The molecule has 1 amide bonds. The van der Waals surface area contributed by atoms with Crippen molar-refractivity contribution in [3.05, 3.63) is 29.8 Å². The van der Waals surface area contributed by atoms with Gasteiger partial charge in [-0.25, -0.2) is 0 Å². The highest BCUT2D eigenvalue weighted by molar-refractivity contribution is 5.98. The molecule has 1 unspecified atom stereocenters. The number of anilines is 1. The second-order valence-corrected chi connectivity index (χ2v) is 5.98. The van der Waals surface area contributed by atoms with Gasteiger partial charge in [-0.2, -0.15) is 13.2 Å². The Morgan fingerprint density at radius 2 is 1.50 bits per heavy atom. The summed E-state index contributed by atoms with van der Waals surface area (Å²) in [7, 11) is 0. The van der Waals surface area contributed by atoms with Gasteiger partial charge in [0.15, 0.2) is 5.54 Å². The Balaban J connectivity index is 2.88. The average Bonchev–Trinajstić information content (AvgIpc) is 2.26. The minimum atomic E-state index is -4.80. The lowest BCUT2D eigenvalue weighted by atomic mass is 9.87. The van der Waals surface area contributed by atoms with E-state index in [0.717, 1.165) is 5.56 Å². The van der Waals surface area contributed by atoms with Gasteiger partial charge in [-0.1, -0.05) is 32.9 Å². The van der Waals surface area contributed by atoms with E-state index >= 15 is 0 Å². The number of hydrogen-bond acceptors (Lipinski definition) is 2. The van der Waals surface area contributed by atoms with Crippen LogP contribution in [0.4, 0.5) is 18.9 Å². The third kappa shape index (κ3) is 3.50. The zero-order chi connectivity index (χ0) is 15.8. The van der Waals surface area contributed by atoms with E-state index in [1.54, 1.807) is 24.3 Å². The molecule has 0 aliphatic heterocycles. The molecule has 1 aromatic rings. The minimum Gasteiger partial charge on any atom is -0.324 e. The van der Waals surface area contributed by atoms with Crippen molar-refractivity contribution in [3.8, 4) is 0 Å². The van der Waals surface area contributed by atoms with Gasteiger partial charge in [0.2, 0.25) is 0 Å². The molecule has 112 valence electrons. The SMILES string of the molecule is CC(C)(C)c1ccc(NC(=O)C(C)(N)C(F)(F)F)cc1. The normalized spacial score (nSPS) is 15.6. The van der Waals surface area contributed by atoms with Crippen LogP contribution < -0.4 is 11.1 Å². The number of carbonyl (C=O) groups excluding carboxylic acids is 1. The summed E-state index contributed by atoms with van der Waals surface area (Å²) in [4.78, 5) is 11.6. The van der Waals surface area contributed by atoms with Crippen molar-refractivity contribution in [2.45, 2.75) is 44.8 Å². The molecule has 1 aromatic carbocycles. The molecule has 0 fully saturated rings. The van der Waals surface area contributed by atoms with E-state index in [9.17, 15) is 18.0 Å². The molecule has 0 bridgehead atoms. The zero-order valence-corrected chi connectivity index (χ0v) is 11.9. The molecule has 3 nitrogen and oxygen atoms in total. The Kier molecular flexibility index (Phi) is 4.20. The lowest BCUT2D eigenvalue weighted by Crippen LogP contribution is -2.59. The summed E-state index contributed by atoms with van der Waals surface area (Å²) >= 11 is 0. The lowest BCUT2D eigenvalue weighted by molar-refractivity contribution is -0.184. The molecule has 0 spiro atoms. The number of amides is 1. The van der Waals surface area contributed by atoms with Crippen molar-refractivity contribution in [2.75, 3.05) is 5.32 Å². The molecule has 3 N–H and O–H groups in total.